The van der Waals surface area contributed by atoms with Crippen LogP contribution in [0.2, 0.25) is 0 Å². The number of aromatic nitrogens is 2. The lowest BCUT2D eigenvalue weighted by atomic mass is 10.2. The molecule has 1 heterocycles. The minimum Gasteiger partial charge on any atom is -0.497 e. The first kappa shape index (κ1) is 17.5. The molecule has 7 heteroatoms. The largest absolute Gasteiger partial charge is 0.497 e. The Labute approximate surface area is 141 Å². The van der Waals surface area contributed by atoms with Gasteiger partial charge in [0.2, 0.25) is 5.95 Å². The lowest BCUT2D eigenvalue weighted by Gasteiger charge is -2.12. The van der Waals surface area contributed by atoms with Crippen LogP contribution in [0.1, 0.15) is 30.6 Å². The summed E-state index contributed by atoms with van der Waals surface area (Å²) in [6.45, 7) is 4.11. The van der Waals surface area contributed by atoms with E-state index < -0.39 is 0 Å². The molecule has 0 aliphatic heterocycles. The van der Waals surface area contributed by atoms with Crippen LogP contribution in [0, 0.1) is 0 Å². The molecule has 2 N–H and O–H groups in total. The minimum atomic E-state index is -0.312. The zero-order valence-corrected chi connectivity index (χ0v) is 14.3. The molecular weight excluding hydrogens is 308 g/mol. The number of ether oxygens (including phenoxy) is 2. The molecule has 24 heavy (non-hydrogen) atoms. The zero-order valence-electron chi connectivity index (χ0n) is 14.3. The minimum absolute atomic E-state index is 0.272. The van der Waals surface area contributed by atoms with E-state index in [1.165, 1.54) is 19.5 Å². The fraction of sp³-hybridized carbons (Fsp3) is 0.353. The summed E-state index contributed by atoms with van der Waals surface area (Å²) in [5.74, 6) is 1.35. The van der Waals surface area contributed by atoms with Gasteiger partial charge in [-0.1, -0.05) is 6.92 Å². The van der Waals surface area contributed by atoms with Gasteiger partial charge >= 0.3 is 0 Å². The Hall–Kier alpha value is -2.83. The molecule has 0 spiro atoms. The SMILES string of the molecule is CCC(C)Nc1ncc(C(=O)Nc2ccc(OC)cc2OC)cn1. The normalized spacial score (nSPS) is 11.5. The molecule has 0 aliphatic rings. The molecular formula is C17H22N4O3. The fourth-order valence-electron chi connectivity index (χ4n) is 1.94. The van der Waals surface area contributed by atoms with E-state index in [-0.39, 0.29) is 11.9 Å². The Morgan fingerprint density at radius 1 is 1.21 bits per heavy atom. The number of benzene rings is 1. The molecule has 0 saturated heterocycles. The molecule has 2 aromatic rings. The number of nitrogens with one attached hydrogen (secondary N) is 2. The number of amides is 1. The van der Waals surface area contributed by atoms with E-state index in [0.717, 1.165) is 6.42 Å². The molecule has 0 aliphatic carbocycles. The van der Waals surface area contributed by atoms with Crippen LogP contribution in [0.3, 0.4) is 0 Å². The summed E-state index contributed by atoms with van der Waals surface area (Å²) in [5, 5.41) is 5.93. The van der Waals surface area contributed by atoms with Crippen LogP contribution in [0.25, 0.3) is 0 Å². The first-order valence-electron chi connectivity index (χ1n) is 7.69. The molecule has 1 aromatic carbocycles. The van der Waals surface area contributed by atoms with Gasteiger partial charge in [-0.15, -0.1) is 0 Å². The summed E-state index contributed by atoms with van der Waals surface area (Å²) < 4.78 is 10.4. The van der Waals surface area contributed by atoms with Gasteiger partial charge in [-0.2, -0.15) is 0 Å². The van der Waals surface area contributed by atoms with Crippen molar-refractivity contribution in [2.45, 2.75) is 26.3 Å². The van der Waals surface area contributed by atoms with Gasteiger partial charge in [-0.05, 0) is 25.5 Å². The molecule has 1 unspecified atom stereocenters. The van der Waals surface area contributed by atoms with Crippen molar-refractivity contribution in [3.8, 4) is 11.5 Å². The molecule has 0 saturated carbocycles. The second-order valence-corrected chi connectivity index (χ2v) is 5.27. The summed E-state index contributed by atoms with van der Waals surface area (Å²) in [7, 11) is 3.10. The van der Waals surface area contributed by atoms with Gasteiger partial charge in [0.15, 0.2) is 0 Å². The van der Waals surface area contributed by atoms with E-state index in [1.54, 1.807) is 25.3 Å². The Balaban J connectivity index is 2.09. The fourth-order valence-corrected chi connectivity index (χ4v) is 1.94. The molecule has 0 bridgehead atoms. The Bertz CT molecular complexity index is 689. The molecule has 7 nitrogen and oxygen atoms in total. The third-order valence-electron chi connectivity index (χ3n) is 3.56. The average Bonchev–Trinajstić information content (AvgIpc) is 2.62. The molecule has 0 fully saturated rings. The molecule has 1 amide bonds. The van der Waals surface area contributed by atoms with Crippen molar-refractivity contribution in [1.82, 2.24) is 9.97 Å². The Kier molecular flexibility index (Phi) is 5.95. The predicted molar refractivity (Wildman–Crippen MR) is 92.9 cm³/mol. The van der Waals surface area contributed by atoms with E-state index in [0.29, 0.717) is 28.7 Å². The number of hydrogen-bond acceptors (Lipinski definition) is 6. The van der Waals surface area contributed by atoms with Crippen molar-refractivity contribution in [2.24, 2.45) is 0 Å². The van der Waals surface area contributed by atoms with E-state index in [4.69, 9.17) is 9.47 Å². The van der Waals surface area contributed by atoms with Gasteiger partial charge < -0.3 is 20.1 Å². The number of anilines is 2. The number of hydrogen-bond donors (Lipinski definition) is 2. The van der Waals surface area contributed by atoms with Gasteiger partial charge in [-0.3, -0.25) is 4.79 Å². The van der Waals surface area contributed by atoms with Gasteiger partial charge in [0.1, 0.15) is 11.5 Å². The third-order valence-corrected chi connectivity index (χ3v) is 3.56. The van der Waals surface area contributed by atoms with Crippen LogP contribution < -0.4 is 20.1 Å². The molecule has 1 atom stereocenters. The molecule has 0 radical (unpaired) electrons. The Morgan fingerprint density at radius 3 is 2.50 bits per heavy atom. The number of nitrogens with zero attached hydrogens (tertiary/aromatic N) is 2. The molecule has 128 valence electrons. The second-order valence-electron chi connectivity index (χ2n) is 5.27. The van der Waals surface area contributed by atoms with E-state index >= 15 is 0 Å². The highest BCUT2D eigenvalue weighted by Gasteiger charge is 2.12. The lowest BCUT2D eigenvalue weighted by Crippen LogP contribution is -2.17. The van der Waals surface area contributed by atoms with Crippen LogP contribution in [0.4, 0.5) is 11.6 Å². The predicted octanol–water partition coefficient (Wildman–Crippen LogP) is 2.96. The molecule has 2 rings (SSSR count). The molecule has 1 aromatic heterocycles. The lowest BCUT2D eigenvalue weighted by molar-refractivity contribution is 0.102. The Morgan fingerprint density at radius 2 is 1.92 bits per heavy atom. The van der Waals surface area contributed by atoms with Crippen molar-refractivity contribution >= 4 is 17.5 Å². The highest BCUT2D eigenvalue weighted by molar-refractivity contribution is 6.04. The van der Waals surface area contributed by atoms with Crippen LogP contribution in [-0.4, -0.2) is 36.1 Å². The van der Waals surface area contributed by atoms with Crippen molar-refractivity contribution in [1.29, 1.82) is 0 Å². The quantitative estimate of drug-likeness (QED) is 0.812. The number of methoxy groups -OCH3 is 2. The summed E-state index contributed by atoms with van der Waals surface area (Å²) >= 11 is 0. The number of rotatable bonds is 7. The first-order chi connectivity index (χ1) is 11.6. The van der Waals surface area contributed by atoms with E-state index in [1.807, 2.05) is 6.92 Å². The van der Waals surface area contributed by atoms with Crippen molar-refractivity contribution < 1.29 is 14.3 Å². The van der Waals surface area contributed by atoms with Crippen LogP contribution in [-0.2, 0) is 0 Å². The van der Waals surface area contributed by atoms with Gasteiger partial charge in [0, 0.05) is 24.5 Å². The standard InChI is InChI=1S/C17H22N4O3/c1-5-11(2)20-17-18-9-12(10-19-17)16(22)21-14-7-6-13(23-3)8-15(14)24-4/h6-11H,5H2,1-4H3,(H,21,22)(H,18,19,20). The van der Waals surface area contributed by atoms with Crippen molar-refractivity contribution in [3.63, 3.8) is 0 Å². The summed E-state index contributed by atoms with van der Waals surface area (Å²) in [6, 6.07) is 5.43. The summed E-state index contributed by atoms with van der Waals surface area (Å²) in [4.78, 5) is 20.7. The number of carbonyl (C=O) groups is 1. The maximum atomic E-state index is 12.3. The summed E-state index contributed by atoms with van der Waals surface area (Å²) in [6.07, 6.45) is 3.94. The van der Waals surface area contributed by atoms with Gasteiger partial charge in [0.05, 0.1) is 25.5 Å². The zero-order chi connectivity index (χ0) is 17.5. The van der Waals surface area contributed by atoms with E-state index in [9.17, 15) is 4.79 Å². The highest BCUT2D eigenvalue weighted by Crippen LogP contribution is 2.29. The van der Waals surface area contributed by atoms with Gasteiger partial charge in [0.25, 0.3) is 5.91 Å². The average molecular weight is 330 g/mol. The van der Waals surface area contributed by atoms with Crippen molar-refractivity contribution in [2.75, 3.05) is 24.9 Å². The topological polar surface area (TPSA) is 85.4 Å². The van der Waals surface area contributed by atoms with Gasteiger partial charge in [-0.25, -0.2) is 9.97 Å². The maximum Gasteiger partial charge on any atom is 0.258 e. The van der Waals surface area contributed by atoms with Crippen LogP contribution >= 0.6 is 0 Å². The van der Waals surface area contributed by atoms with E-state index in [2.05, 4.69) is 27.5 Å². The van der Waals surface area contributed by atoms with Crippen LogP contribution in [0.5, 0.6) is 11.5 Å². The monoisotopic (exact) mass is 330 g/mol. The van der Waals surface area contributed by atoms with Crippen LogP contribution in [0.15, 0.2) is 30.6 Å². The number of carbonyl (C=O) groups excluding carboxylic acids is 1. The maximum absolute atomic E-state index is 12.3. The van der Waals surface area contributed by atoms with Crippen molar-refractivity contribution in [3.05, 3.63) is 36.2 Å². The highest BCUT2D eigenvalue weighted by atomic mass is 16.5. The smallest absolute Gasteiger partial charge is 0.258 e. The first-order valence-corrected chi connectivity index (χ1v) is 7.69. The second kappa shape index (κ2) is 8.14. The summed E-state index contributed by atoms with van der Waals surface area (Å²) in [5.41, 5.74) is 0.910. The third kappa shape index (κ3) is 4.34.